The fourth-order valence-electron chi connectivity index (χ4n) is 4.87. The van der Waals surface area contributed by atoms with Crippen molar-refractivity contribution in [3.8, 4) is 0 Å². The van der Waals surface area contributed by atoms with Crippen LogP contribution in [0.1, 0.15) is 45.1 Å². The molecule has 36 heavy (non-hydrogen) atoms. The van der Waals surface area contributed by atoms with Gasteiger partial charge in [0.25, 0.3) is 0 Å². The zero-order chi connectivity index (χ0) is 26.3. The summed E-state index contributed by atoms with van der Waals surface area (Å²) in [6, 6.07) is 3.39. The molecular formula is C24H38N6O5S. The number of nitrogens with zero attached hydrogens (tertiary/aromatic N) is 2. The monoisotopic (exact) mass is 522 g/mol. The summed E-state index contributed by atoms with van der Waals surface area (Å²) >= 11 is 0. The highest BCUT2D eigenvalue weighted by molar-refractivity contribution is 7.89. The Labute approximate surface area is 213 Å². The number of rotatable bonds is 10. The van der Waals surface area contributed by atoms with E-state index in [4.69, 9.17) is 10.6 Å². The van der Waals surface area contributed by atoms with Gasteiger partial charge in [-0.05, 0) is 55.6 Å². The van der Waals surface area contributed by atoms with Crippen molar-refractivity contribution in [2.24, 2.45) is 22.8 Å². The molecule has 1 fully saturated rings. The van der Waals surface area contributed by atoms with Gasteiger partial charge in [0.1, 0.15) is 23.3 Å². The summed E-state index contributed by atoms with van der Waals surface area (Å²) in [5, 5.41) is 9.50. The second kappa shape index (κ2) is 12.4. The average Bonchev–Trinajstić information content (AvgIpc) is 2.86. The molecule has 0 spiro atoms. The van der Waals surface area contributed by atoms with Gasteiger partial charge in [-0.15, -0.1) is 0 Å². The van der Waals surface area contributed by atoms with Crippen LogP contribution in [0.5, 0.6) is 0 Å². The second-order valence-electron chi connectivity index (χ2n) is 9.73. The van der Waals surface area contributed by atoms with Crippen molar-refractivity contribution in [1.29, 1.82) is 0 Å². The maximum atomic E-state index is 13.7. The quantitative estimate of drug-likeness (QED) is 0.0886. The molecule has 3 rings (SSSR count). The molecule has 0 aromatic heterocycles. The number of hydrazone groups is 1. The molecule has 2 aliphatic heterocycles. The molecule has 0 bridgehead atoms. The highest BCUT2D eigenvalue weighted by atomic mass is 32.2. The molecule has 1 aromatic carbocycles. The van der Waals surface area contributed by atoms with Gasteiger partial charge in [-0.2, -0.15) is 9.82 Å². The summed E-state index contributed by atoms with van der Waals surface area (Å²) in [5.74, 6) is 4.81. The predicted molar refractivity (Wildman–Crippen MR) is 138 cm³/mol. The molecule has 1 saturated heterocycles. The minimum absolute atomic E-state index is 0.120. The van der Waals surface area contributed by atoms with Crippen LogP contribution in [0.25, 0.3) is 0 Å². The van der Waals surface area contributed by atoms with Crippen LogP contribution in [0.15, 0.2) is 28.2 Å². The number of para-hydroxylation sites is 1. The molecule has 3 unspecified atom stereocenters. The lowest BCUT2D eigenvalue weighted by atomic mass is 9.91. The minimum Gasteiger partial charge on any atom is -0.467 e. The van der Waals surface area contributed by atoms with Crippen LogP contribution in [-0.2, 0) is 30.8 Å². The zero-order valence-electron chi connectivity index (χ0n) is 21.2. The topological polar surface area (TPSA) is 155 Å². The van der Waals surface area contributed by atoms with Crippen molar-refractivity contribution in [3.63, 3.8) is 0 Å². The number of anilines is 1. The van der Waals surface area contributed by atoms with Crippen molar-refractivity contribution in [1.82, 2.24) is 14.9 Å². The van der Waals surface area contributed by atoms with E-state index in [0.717, 1.165) is 18.4 Å². The Morgan fingerprint density at radius 3 is 2.83 bits per heavy atom. The number of benzene rings is 1. The van der Waals surface area contributed by atoms with Gasteiger partial charge in [0.05, 0.1) is 12.8 Å². The van der Waals surface area contributed by atoms with Crippen molar-refractivity contribution >= 4 is 33.9 Å². The fourth-order valence-corrected chi connectivity index (χ4v) is 6.32. The number of fused-ring (bicyclic) bond motifs is 1. The third-order valence-electron chi connectivity index (χ3n) is 6.79. The van der Waals surface area contributed by atoms with E-state index in [-0.39, 0.29) is 17.2 Å². The molecule has 5 N–H and O–H groups in total. The Bertz CT molecular complexity index is 1060. The molecule has 0 radical (unpaired) electrons. The van der Waals surface area contributed by atoms with Crippen LogP contribution in [0, 0.1) is 11.8 Å². The number of carbonyl (C=O) groups is 2. The summed E-state index contributed by atoms with van der Waals surface area (Å²) in [7, 11) is -2.75. The number of amides is 1. The van der Waals surface area contributed by atoms with E-state index in [2.05, 4.69) is 27.4 Å². The number of nitrogens with one attached hydrogen (secondary N) is 3. The number of likely N-dealkylation sites (tertiary alicyclic amines) is 1. The van der Waals surface area contributed by atoms with Gasteiger partial charge >= 0.3 is 5.97 Å². The van der Waals surface area contributed by atoms with Crippen molar-refractivity contribution in [2.75, 3.05) is 32.1 Å². The number of piperidine rings is 1. The number of methoxy groups -OCH3 is 1. The lowest BCUT2D eigenvalue weighted by molar-refractivity contribution is -0.156. The van der Waals surface area contributed by atoms with E-state index < -0.39 is 34.0 Å². The van der Waals surface area contributed by atoms with Crippen LogP contribution >= 0.6 is 0 Å². The highest BCUT2D eigenvalue weighted by Crippen LogP contribution is 2.32. The number of ether oxygens (including phenoxy) is 1. The Kier molecular flexibility index (Phi) is 9.55. The van der Waals surface area contributed by atoms with E-state index in [1.54, 1.807) is 12.1 Å². The Hall–Kier alpha value is -2.86. The first-order valence-electron chi connectivity index (χ1n) is 12.4. The first-order chi connectivity index (χ1) is 17.2. The van der Waals surface area contributed by atoms with E-state index in [9.17, 15) is 18.0 Å². The zero-order valence-corrected chi connectivity index (χ0v) is 22.0. The largest absolute Gasteiger partial charge is 0.467 e. The third-order valence-corrected chi connectivity index (χ3v) is 8.31. The van der Waals surface area contributed by atoms with Crippen molar-refractivity contribution < 1.29 is 22.7 Å². The van der Waals surface area contributed by atoms with Crippen LogP contribution < -0.4 is 21.2 Å². The molecule has 4 atom stereocenters. The van der Waals surface area contributed by atoms with Gasteiger partial charge in [0, 0.05) is 19.6 Å². The van der Waals surface area contributed by atoms with Crippen LogP contribution in [0.3, 0.4) is 0 Å². The second-order valence-corrected chi connectivity index (χ2v) is 11.4. The van der Waals surface area contributed by atoms with Gasteiger partial charge in [-0.1, -0.05) is 26.0 Å². The Morgan fingerprint density at radius 2 is 2.11 bits per heavy atom. The highest BCUT2D eigenvalue weighted by Gasteiger charge is 2.39. The maximum Gasteiger partial charge on any atom is 0.328 e. The number of esters is 1. The molecule has 1 aromatic rings. The summed E-state index contributed by atoms with van der Waals surface area (Å²) < 4.78 is 34.7. The van der Waals surface area contributed by atoms with Gasteiger partial charge in [0.15, 0.2) is 0 Å². The predicted octanol–water partition coefficient (Wildman–Crippen LogP) is 1.01. The van der Waals surface area contributed by atoms with Crippen LogP contribution in [0.2, 0.25) is 0 Å². The van der Waals surface area contributed by atoms with Crippen molar-refractivity contribution in [2.45, 2.75) is 62.9 Å². The van der Waals surface area contributed by atoms with E-state index in [1.807, 2.05) is 13.0 Å². The molecule has 2 aliphatic rings. The van der Waals surface area contributed by atoms with Crippen molar-refractivity contribution in [3.05, 3.63) is 23.8 Å². The van der Waals surface area contributed by atoms with Gasteiger partial charge in [-0.3, -0.25) is 4.79 Å². The van der Waals surface area contributed by atoms with Gasteiger partial charge in [-0.25, -0.2) is 13.2 Å². The molecule has 11 nitrogen and oxygen atoms in total. The number of hydrogen-bond donors (Lipinski definition) is 4. The van der Waals surface area contributed by atoms with Crippen LogP contribution in [0.4, 0.5) is 5.69 Å². The lowest BCUT2D eigenvalue weighted by Gasteiger charge is -2.38. The third kappa shape index (κ3) is 6.67. The summed E-state index contributed by atoms with van der Waals surface area (Å²) in [5.41, 5.74) is 1.51. The van der Waals surface area contributed by atoms with E-state index >= 15 is 0 Å². The molecule has 1 amide bonds. The molecule has 0 saturated carbocycles. The fraction of sp³-hybridized carbons (Fsp3) is 0.625. The molecule has 12 heteroatoms. The molecular weight excluding hydrogens is 484 g/mol. The first kappa shape index (κ1) is 27.7. The Balaban J connectivity index is 1.87. The Morgan fingerprint density at radius 1 is 1.33 bits per heavy atom. The molecule has 200 valence electrons. The lowest BCUT2D eigenvalue weighted by Crippen LogP contribution is -2.56. The smallest absolute Gasteiger partial charge is 0.328 e. The summed E-state index contributed by atoms with van der Waals surface area (Å²) in [6.07, 6.45) is 4.00. The maximum absolute atomic E-state index is 13.7. The number of sulfonamides is 1. The summed E-state index contributed by atoms with van der Waals surface area (Å²) in [4.78, 5) is 27.8. The normalized spacial score (nSPS) is 23.0. The minimum atomic E-state index is -4.05. The van der Waals surface area contributed by atoms with E-state index in [0.29, 0.717) is 44.1 Å². The SMILES string of the molecule is COC(=O)[C@H]1CC(C)CCN1C(=O)C(CCCNC=NN)NS(=O)(=O)c1cccc2c1NCC(C)C2. The first-order valence-corrected chi connectivity index (χ1v) is 13.9. The van der Waals surface area contributed by atoms with Gasteiger partial charge in [0.2, 0.25) is 15.9 Å². The number of nitrogens with two attached hydrogens (primary N) is 1. The molecule has 2 heterocycles. The van der Waals surface area contributed by atoms with Crippen LogP contribution in [-0.4, -0.2) is 70.4 Å². The number of hydrogen-bond acceptors (Lipinski definition) is 8. The van der Waals surface area contributed by atoms with E-state index in [1.165, 1.54) is 18.3 Å². The number of carbonyl (C=O) groups excluding carboxylic acids is 2. The standard InChI is InChI=1S/C24H38N6O5S/c1-16-9-11-30(20(13-16)24(32)35-3)23(31)19(7-5-10-26-15-28-25)29-36(33,34)21-8-4-6-18-12-17(2)14-27-22(18)21/h4,6,8,15-17,19-20,27,29H,5,7,9-14,25H2,1-3H3,(H,26,28)/t16?,17?,19?,20-/m1/s1. The molecule has 0 aliphatic carbocycles. The van der Waals surface area contributed by atoms with Gasteiger partial charge < -0.3 is 26.1 Å². The summed E-state index contributed by atoms with van der Waals surface area (Å²) in [6.45, 7) is 5.60. The average molecular weight is 523 g/mol.